The molecule has 2 heterocycles. The number of hydrogen-bond donors (Lipinski definition) is 0. The molecule has 0 radical (unpaired) electrons. The third kappa shape index (κ3) is 2.61. The lowest BCUT2D eigenvalue weighted by molar-refractivity contribution is -0.115. The van der Waals surface area contributed by atoms with Crippen LogP contribution < -0.4 is 4.90 Å². The van der Waals surface area contributed by atoms with Crippen molar-refractivity contribution >= 4 is 50.5 Å². The summed E-state index contributed by atoms with van der Waals surface area (Å²) < 4.78 is 0.637. The zero-order chi connectivity index (χ0) is 11.4. The minimum absolute atomic E-state index is 0.0581. The van der Waals surface area contributed by atoms with Crippen LogP contribution in [-0.2, 0) is 4.79 Å². The summed E-state index contributed by atoms with van der Waals surface area (Å²) in [7, 11) is 0. The molecule has 5 heteroatoms. The Hall–Kier alpha value is -0.910. The predicted molar refractivity (Wildman–Crippen MR) is 74.5 cm³/mol. The van der Waals surface area contributed by atoms with Gasteiger partial charge in [0.2, 0.25) is 5.91 Å². The molecule has 1 aromatic heterocycles. The third-order valence-electron chi connectivity index (χ3n) is 1.92. The first-order valence-corrected chi connectivity index (χ1v) is 6.93. The Kier molecular flexibility index (Phi) is 3.93. The summed E-state index contributed by atoms with van der Waals surface area (Å²) in [5.41, 5.74) is 0. The predicted octanol–water partition coefficient (Wildman–Crippen LogP) is 3.24. The van der Waals surface area contributed by atoms with Crippen molar-refractivity contribution in [2.45, 2.75) is 0 Å². The van der Waals surface area contributed by atoms with Gasteiger partial charge in [0.15, 0.2) is 0 Å². The first-order chi connectivity index (χ1) is 7.79. The molecule has 2 nitrogen and oxygen atoms in total. The lowest BCUT2D eigenvalue weighted by Gasteiger charge is -2.12. The highest BCUT2D eigenvalue weighted by Gasteiger charge is 2.27. The van der Waals surface area contributed by atoms with Crippen molar-refractivity contribution in [1.29, 1.82) is 0 Å². The van der Waals surface area contributed by atoms with E-state index in [2.05, 4.69) is 0 Å². The summed E-state index contributed by atoms with van der Waals surface area (Å²) in [6.07, 6.45) is 0. The van der Waals surface area contributed by atoms with Gasteiger partial charge in [0, 0.05) is 0 Å². The maximum atomic E-state index is 11.7. The van der Waals surface area contributed by atoms with Crippen molar-refractivity contribution in [1.82, 2.24) is 0 Å². The van der Waals surface area contributed by atoms with E-state index in [-0.39, 0.29) is 5.91 Å². The SMILES string of the molecule is O=C1CSC(=S)N1c1cccccccs1. The maximum Gasteiger partial charge on any atom is 0.243 e. The van der Waals surface area contributed by atoms with E-state index in [4.69, 9.17) is 12.2 Å². The highest BCUT2D eigenvalue weighted by Crippen LogP contribution is 2.28. The van der Waals surface area contributed by atoms with Crippen LogP contribution in [0.15, 0.2) is 41.8 Å². The molecule has 16 heavy (non-hydrogen) atoms. The summed E-state index contributed by atoms with van der Waals surface area (Å²) in [6, 6.07) is 11.6. The topological polar surface area (TPSA) is 20.3 Å². The van der Waals surface area contributed by atoms with Gasteiger partial charge in [0.25, 0.3) is 0 Å². The van der Waals surface area contributed by atoms with Crippen LogP contribution in [0.5, 0.6) is 0 Å². The molecule has 2 rings (SSSR count). The van der Waals surface area contributed by atoms with Crippen molar-refractivity contribution in [2.24, 2.45) is 0 Å². The second-order valence-electron chi connectivity index (χ2n) is 3.00. The summed E-state index contributed by atoms with van der Waals surface area (Å²) in [5, 5.41) is 2.80. The largest absolute Gasteiger partial charge is 0.273 e. The molecule has 1 fully saturated rings. The normalized spacial score (nSPS) is 15.1. The molecule has 0 saturated carbocycles. The number of anilines is 1. The van der Waals surface area contributed by atoms with Gasteiger partial charge in [-0.15, -0.1) is 11.3 Å². The molecule has 0 aliphatic carbocycles. The van der Waals surface area contributed by atoms with Crippen LogP contribution in [0.25, 0.3) is 0 Å². The zero-order valence-corrected chi connectivity index (χ0v) is 10.8. The highest BCUT2D eigenvalue weighted by molar-refractivity contribution is 8.24. The number of hydrogen-bond acceptors (Lipinski definition) is 4. The van der Waals surface area contributed by atoms with Gasteiger partial charge in [-0.2, -0.15) is 0 Å². The molecule has 1 aliphatic rings. The molecule has 0 atom stereocenters. The standard InChI is InChI=1S/C11H9NOS3/c13-9-8-16-11(14)12(9)10-6-4-2-1-3-5-7-15-10/h1-7H,8H2. The summed E-state index contributed by atoms with van der Waals surface area (Å²) in [5.74, 6) is 0.505. The Morgan fingerprint density at radius 2 is 1.94 bits per heavy atom. The van der Waals surface area contributed by atoms with E-state index in [1.807, 2.05) is 41.8 Å². The molecule has 1 aromatic rings. The van der Waals surface area contributed by atoms with E-state index in [0.717, 1.165) is 5.00 Å². The van der Waals surface area contributed by atoms with Crippen LogP contribution in [0.3, 0.4) is 0 Å². The average Bonchev–Trinajstić information content (AvgIpc) is 2.65. The van der Waals surface area contributed by atoms with Crippen LogP contribution in [-0.4, -0.2) is 16.0 Å². The minimum Gasteiger partial charge on any atom is -0.273 e. The molecular weight excluding hydrogens is 258 g/mol. The van der Waals surface area contributed by atoms with Crippen LogP contribution in [0, 0.1) is 0 Å². The lowest BCUT2D eigenvalue weighted by Crippen LogP contribution is -2.27. The van der Waals surface area contributed by atoms with Gasteiger partial charge in [0.05, 0.1) is 5.75 Å². The second-order valence-corrected chi connectivity index (χ2v) is 5.54. The Morgan fingerprint density at radius 3 is 2.69 bits per heavy atom. The number of thiocarbonyl (C=S) groups is 1. The summed E-state index contributed by atoms with van der Waals surface area (Å²) >= 11 is 8.07. The van der Waals surface area contributed by atoms with E-state index >= 15 is 0 Å². The van der Waals surface area contributed by atoms with E-state index < -0.39 is 0 Å². The molecule has 1 amide bonds. The third-order valence-corrected chi connectivity index (χ3v) is 4.13. The van der Waals surface area contributed by atoms with E-state index in [9.17, 15) is 4.79 Å². The molecule has 1 saturated heterocycles. The fraction of sp³-hybridized carbons (Fsp3) is 0.0909. The number of thioether (sulfide) groups is 1. The van der Waals surface area contributed by atoms with E-state index in [1.54, 1.807) is 4.90 Å². The molecular formula is C11H9NOS3. The molecule has 0 N–H and O–H groups in total. The molecule has 82 valence electrons. The van der Waals surface area contributed by atoms with Crippen LogP contribution in [0.2, 0.25) is 0 Å². The molecule has 0 aromatic carbocycles. The van der Waals surface area contributed by atoms with Crippen molar-refractivity contribution in [3.63, 3.8) is 0 Å². The van der Waals surface area contributed by atoms with Gasteiger partial charge in [-0.25, -0.2) is 0 Å². The maximum absolute atomic E-state index is 11.7. The van der Waals surface area contributed by atoms with Gasteiger partial charge in [-0.3, -0.25) is 9.69 Å². The summed E-state index contributed by atoms with van der Waals surface area (Å²) in [6.45, 7) is 0. The smallest absolute Gasteiger partial charge is 0.243 e. The van der Waals surface area contributed by atoms with Crippen LogP contribution in [0.4, 0.5) is 5.00 Å². The zero-order valence-electron chi connectivity index (χ0n) is 8.33. The van der Waals surface area contributed by atoms with Gasteiger partial charge in [-0.05, 0) is 11.4 Å². The van der Waals surface area contributed by atoms with Crippen molar-refractivity contribution in [3.8, 4) is 0 Å². The van der Waals surface area contributed by atoms with Gasteiger partial charge in [-0.1, -0.05) is 54.3 Å². The fourth-order valence-corrected chi connectivity index (χ4v) is 3.18. The highest BCUT2D eigenvalue weighted by atomic mass is 32.2. The number of rotatable bonds is 1. The molecule has 0 bridgehead atoms. The number of nitrogens with zero attached hydrogens (tertiary/aromatic N) is 1. The van der Waals surface area contributed by atoms with Crippen LogP contribution >= 0.6 is 35.3 Å². The minimum atomic E-state index is 0.0581. The number of carbonyl (C=O) groups excluding carboxylic acids is 1. The van der Waals surface area contributed by atoms with Gasteiger partial charge in [0.1, 0.15) is 9.32 Å². The Balaban J connectivity index is 2.44. The van der Waals surface area contributed by atoms with Crippen molar-refractivity contribution in [3.05, 3.63) is 41.8 Å². The van der Waals surface area contributed by atoms with Crippen molar-refractivity contribution < 1.29 is 4.79 Å². The molecule has 0 spiro atoms. The van der Waals surface area contributed by atoms with Gasteiger partial charge >= 0.3 is 0 Å². The number of amides is 1. The molecule has 0 unspecified atom stereocenters. The monoisotopic (exact) mass is 267 g/mol. The Labute approximate surface area is 108 Å². The lowest BCUT2D eigenvalue weighted by atomic mass is 10.4. The molecule has 1 aliphatic heterocycles. The van der Waals surface area contributed by atoms with Crippen LogP contribution in [0.1, 0.15) is 0 Å². The van der Waals surface area contributed by atoms with E-state index in [1.165, 1.54) is 23.1 Å². The number of carbonyl (C=O) groups is 1. The Bertz CT molecular complexity index is 428. The Morgan fingerprint density at radius 1 is 1.19 bits per heavy atom. The second kappa shape index (κ2) is 5.43. The first-order valence-electron chi connectivity index (χ1n) is 4.65. The van der Waals surface area contributed by atoms with Gasteiger partial charge < -0.3 is 0 Å². The average molecular weight is 267 g/mol. The fourth-order valence-electron chi connectivity index (χ4n) is 1.22. The quantitative estimate of drug-likeness (QED) is 0.729. The van der Waals surface area contributed by atoms with Crippen molar-refractivity contribution in [2.75, 3.05) is 10.7 Å². The first kappa shape index (κ1) is 11.6. The summed E-state index contributed by atoms with van der Waals surface area (Å²) in [4.78, 5) is 13.3. The van der Waals surface area contributed by atoms with E-state index in [0.29, 0.717) is 10.1 Å².